The molecule has 0 spiro atoms. The number of rotatable bonds is 5. The Labute approximate surface area is 148 Å². The van der Waals surface area contributed by atoms with Crippen LogP contribution in [0.15, 0.2) is 66.7 Å². The van der Waals surface area contributed by atoms with Crippen molar-refractivity contribution in [2.75, 3.05) is 11.9 Å². The minimum Gasteiger partial charge on any atom is -0.481 e. The maximum absolute atomic E-state index is 14.2. The first-order chi connectivity index (χ1) is 12.5. The lowest BCUT2D eigenvalue weighted by molar-refractivity contribution is -0.118. The summed E-state index contributed by atoms with van der Waals surface area (Å²) in [5.41, 5.74) is 0.568. The smallest absolute Gasteiger partial charge is 0.262 e. The van der Waals surface area contributed by atoms with E-state index in [2.05, 4.69) is 5.32 Å². The normalized spacial score (nSPS) is 10.4. The van der Waals surface area contributed by atoms with Crippen molar-refractivity contribution >= 4 is 11.6 Å². The number of para-hydroxylation sites is 1. The lowest BCUT2D eigenvalue weighted by Crippen LogP contribution is -2.21. The molecule has 0 radical (unpaired) electrons. The molecule has 0 unspecified atom stereocenters. The van der Waals surface area contributed by atoms with Crippen molar-refractivity contribution < 1.29 is 22.7 Å². The Bertz CT molecular complexity index is 930. The van der Waals surface area contributed by atoms with Gasteiger partial charge in [-0.2, -0.15) is 0 Å². The molecule has 132 valence electrons. The number of halogens is 3. The first-order valence-electron chi connectivity index (χ1n) is 7.76. The van der Waals surface area contributed by atoms with E-state index in [1.54, 1.807) is 36.4 Å². The topological polar surface area (TPSA) is 38.3 Å². The van der Waals surface area contributed by atoms with Gasteiger partial charge < -0.3 is 10.1 Å². The van der Waals surface area contributed by atoms with Gasteiger partial charge >= 0.3 is 0 Å². The van der Waals surface area contributed by atoms with Gasteiger partial charge in [0, 0.05) is 11.6 Å². The van der Waals surface area contributed by atoms with Crippen molar-refractivity contribution in [3.8, 4) is 16.9 Å². The zero-order chi connectivity index (χ0) is 18.5. The number of hydrogen-bond donors (Lipinski definition) is 1. The van der Waals surface area contributed by atoms with E-state index in [9.17, 15) is 18.0 Å². The summed E-state index contributed by atoms with van der Waals surface area (Å²) < 4.78 is 46.5. The second kappa shape index (κ2) is 7.74. The van der Waals surface area contributed by atoms with Gasteiger partial charge in [-0.05, 0) is 23.8 Å². The van der Waals surface area contributed by atoms with Crippen LogP contribution in [-0.4, -0.2) is 12.5 Å². The van der Waals surface area contributed by atoms with Crippen LogP contribution in [-0.2, 0) is 4.79 Å². The fourth-order valence-corrected chi connectivity index (χ4v) is 2.43. The fraction of sp³-hybridized carbons (Fsp3) is 0.0500. The number of anilines is 1. The van der Waals surface area contributed by atoms with Crippen LogP contribution in [0.25, 0.3) is 11.1 Å². The van der Waals surface area contributed by atoms with Crippen LogP contribution in [0.1, 0.15) is 0 Å². The van der Waals surface area contributed by atoms with Crippen LogP contribution in [0.4, 0.5) is 18.9 Å². The molecule has 0 saturated carbocycles. The summed E-state index contributed by atoms with van der Waals surface area (Å²) in [6.07, 6.45) is 0. The maximum atomic E-state index is 14.2. The molecule has 3 aromatic rings. The highest BCUT2D eigenvalue weighted by Gasteiger charge is 2.16. The third-order valence-corrected chi connectivity index (χ3v) is 3.60. The molecular weight excluding hydrogens is 343 g/mol. The van der Waals surface area contributed by atoms with Crippen molar-refractivity contribution in [2.24, 2.45) is 0 Å². The average Bonchev–Trinajstić information content (AvgIpc) is 2.64. The molecule has 3 rings (SSSR count). The summed E-state index contributed by atoms with van der Waals surface area (Å²) in [5.74, 6) is -3.08. The molecule has 1 N–H and O–H groups in total. The van der Waals surface area contributed by atoms with E-state index in [0.29, 0.717) is 11.6 Å². The zero-order valence-corrected chi connectivity index (χ0v) is 13.5. The average molecular weight is 357 g/mol. The van der Waals surface area contributed by atoms with Gasteiger partial charge in [0.25, 0.3) is 5.91 Å². The second-order valence-electron chi connectivity index (χ2n) is 5.44. The summed E-state index contributed by atoms with van der Waals surface area (Å²) in [7, 11) is 0. The van der Waals surface area contributed by atoms with Gasteiger partial charge in [0.15, 0.2) is 18.2 Å². The summed E-state index contributed by atoms with van der Waals surface area (Å²) in [6.45, 7) is -0.522. The molecule has 6 heteroatoms. The van der Waals surface area contributed by atoms with E-state index < -0.39 is 30.0 Å². The van der Waals surface area contributed by atoms with Crippen molar-refractivity contribution in [1.82, 2.24) is 0 Å². The molecule has 0 aliphatic rings. The van der Waals surface area contributed by atoms with E-state index >= 15 is 0 Å². The largest absolute Gasteiger partial charge is 0.481 e. The predicted molar refractivity (Wildman–Crippen MR) is 92.3 cm³/mol. The van der Waals surface area contributed by atoms with Gasteiger partial charge in [0.05, 0.1) is 5.69 Å². The van der Waals surface area contributed by atoms with E-state index in [0.717, 1.165) is 6.07 Å². The Morgan fingerprint density at radius 3 is 2.31 bits per heavy atom. The highest BCUT2D eigenvalue weighted by molar-refractivity contribution is 5.96. The maximum Gasteiger partial charge on any atom is 0.262 e. The first kappa shape index (κ1) is 17.5. The first-order valence-corrected chi connectivity index (χ1v) is 7.76. The Hall–Kier alpha value is -3.28. The van der Waals surface area contributed by atoms with Gasteiger partial charge in [0.2, 0.25) is 0 Å². The van der Waals surface area contributed by atoms with Gasteiger partial charge in [-0.1, -0.05) is 42.5 Å². The molecule has 0 aliphatic heterocycles. The van der Waals surface area contributed by atoms with Gasteiger partial charge in [-0.15, -0.1) is 0 Å². The highest BCUT2D eigenvalue weighted by Crippen LogP contribution is 2.31. The number of carbonyl (C=O) groups excluding carboxylic acids is 1. The Morgan fingerprint density at radius 1 is 0.885 bits per heavy atom. The molecule has 0 atom stereocenters. The van der Waals surface area contributed by atoms with Gasteiger partial charge in [-0.25, -0.2) is 13.2 Å². The second-order valence-corrected chi connectivity index (χ2v) is 5.44. The molecule has 0 fully saturated rings. The van der Waals surface area contributed by atoms with Crippen LogP contribution < -0.4 is 10.1 Å². The van der Waals surface area contributed by atoms with E-state index in [1.165, 1.54) is 18.2 Å². The number of ether oxygens (including phenoxy) is 1. The number of nitrogens with one attached hydrogen (secondary N) is 1. The van der Waals surface area contributed by atoms with E-state index in [-0.39, 0.29) is 17.0 Å². The molecule has 3 nitrogen and oxygen atoms in total. The standard InChI is InChI=1S/C20H14F3NO2/c21-14-10-15(13-6-2-1-3-7-13)20(17(23)11-14)24-19(25)12-26-18-9-5-4-8-16(18)22/h1-11H,12H2,(H,24,25). The van der Waals surface area contributed by atoms with E-state index in [4.69, 9.17) is 4.74 Å². The van der Waals surface area contributed by atoms with Crippen LogP contribution in [0.5, 0.6) is 5.75 Å². The number of carbonyl (C=O) groups is 1. The third kappa shape index (κ3) is 4.03. The SMILES string of the molecule is O=C(COc1ccccc1F)Nc1c(F)cc(F)cc1-c1ccccc1. The minimum absolute atomic E-state index is 0.0921. The molecule has 0 bridgehead atoms. The lowest BCUT2D eigenvalue weighted by atomic mass is 10.0. The monoisotopic (exact) mass is 357 g/mol. The summed E-state index contributed by atoms with van der Waals surface area (Å²) >= 11 is 0. The Balaban J connectivity index is 1.81. The van der Waals surface area contributed by atoms with Crippen LogP contribution in [0.3, 0.4) is 0 Å². The summed E-state index contributed by atoms with van der Waals surface area (Å²) in [6, 6.07) is 15.9. The van der Waals surface area contributed by atoms with Crippen molar-refractivity contribution in [3.63, 3.8) is 0 Å². The molecule has 3 aromatic carbocycles. The van der Waals surface area contributed by atoms with Crippen LogP contribution in [0.2, 0.25) is 0 Å². The number of amides is 1. The molecule has 0 aromatic heterocycles. The molecule has 0 heterocycles. The van der Waals surface area contributed by atoms with E-state index in [1.807, 2.05) is 0 Å². The highest BCUT2D eigenvalue weighted by atomic mass is 19.1. The summed E-state index contributed by atoms with van der Waals surface area (Å²) in [4.78, 5) is 12.1. The molecule has 26 heavy (non-hydrogen) atoms. The van der Waals surface area contributed by atoms with Gasteiger partial charge in [-0.3, -0.25) is 4.79 Å². The molecule has 0 saturated heterocycles. The van der Waals surface area contributed by atoms with Crippen molar-refractivity contribution in [2.45, 2.75) is 0 Å². The van der Waals surface area contributed by atoms with Crippen molar-refractivity contribution in [1.29, 1.82) is 0 Å². The number of hydrogen-bond acceptors (Lipinski definition) is 2. The zero-order valence-electron chi connectivity index (χ0n) is 13.5. The van der Waals surface area contributed by atoms with Crippen LogP contribution in [0, 0.1) is 17.5 Å². The van der Waals surface area contributed by atoms with Crippen LogP contribution >= 0.6 is 0 Å². The molecular formula is C20H14F3NO2. The summed E-state index contributed by atoms with van der Waals surface area (Å²) in [5, 5.41) is 2.37. The third-order valence-electron chi connectivity index (χ3n) is 3.60. The number of benzene rings is 3. The quantitative estimate of drug-likeness (QED) is 0.713. The Kier molecular flexibility index (Phi) is 5.22. The van der Waals surface area contributed by atoms with Crippen molar-refractivity contribution in [3.05, 3.63) is 84.2 Å². The molecule has 1 amide bonds. The Morgan fingerprint density at radius 2 is 1.58 bits per heavy atom. The molecule has 0 aliphatic carbocycles. The minimum atomic E-state index is -0.914. The van der Waals surface area contributed by atoms with Gasteiger partial charge in [0.1, 0.15) is 11.6 Å². The lowest BCUT2D eigenvalue weighted by Gasteiger charge is -2.13. The predicted octanol–water partition coefficient (Wildman–Crippen LogP) is 4.79. The fourth-order valence-electron chi connectivity index (χ4n) is 2.43.